The molecule has 16 heavy (non-hydrogen) atoms. The van der Waals surface area contributed by atoms with Crippen molar-refractivity contribution >= 4 is 0 Å². The first-order valence-electron chi connectivity index (χ1n) is 6.95. The van der Waals surface area contributed by atoms with Crippen LogP contribution >= 0.6 is 0 Å². The topological polar surface area (TPSA) is 40.5 Å². The second-order valence-corrected chi connectivity index (χ2v) is 4.66. The van der Waals surface area contributed by atoms with Crippen LogP contribution in [0.15, 0.2) is 0 Å². The first kappa shape index (κ1) is 15.9. The van der Waals surface area contributed by atoms with Gasteiger partial charge < -0.3 is 10.2 Å². The predicted octanol–water partition coefficient (Wildman–Crippen LogP) is 4.19. The van der Waals surface area contributed by atoms with E-state index in [4.69, 9.17) is 10.2 Å². The molecule has 0 saturated carbocycles. The minimum Gasteiger partial charge on any atom is -0.393 e. The highest BCUT2D eigenvalue weighted by Crippen LogP contribution is 2.13. The van der Waals surface area contributed by atoms with Gasteiger partial charge in [0.05, 0.1) is 6.61 Å². The van der Waals surface area contributed by atoms with Crippen LogP contribution in [0.25, 0.3) is 0 Å². The van der Waals surface area contributed by atoms with Crippen molar-refractivity contribution < 1.29 is 10.2 Å². The highest BCUT2D eigenvalue weighted by Gasteiger charge is 2.01. The average Bonchev–Trinajstić information content (AvgIpc) is 2.31. The van der Waals surface area contributed by atoms with Gasteiger partial charge in [0.25, 0.3) is 0 Å². The van der Waals surface area contributed by atoms with Gasteiger partial charge in [-0.25, -0.2) is 0 Å². The van der Waals surface area contributed by atoms with Crippen LogP contribution in [0.4, 0.5) is 0 Å². The summed E-state index contributed by atoms with van der Waals surface area (Å²) in [7, 11) is 0. The van der Waals surface area contributed by atoms with Crippen molar-refractivity contribution in [3.8, 4) is 0 Å². The summed E-state index contributed by atoms with van der Waals surface area (Å²) in [5, 5.41) is 17.6. The van der Waals surface area contributed by atoms with E-state index in [0.29, 0.717) is 6.42 Å². The Morgan fingerprint density at radius 2 is 1.19 bits per heavy atom. The third kappa shape index (κ3) is 12.0. The molecule has 0 saturated heterocycles. The van der Waals surface area contributed by atoms with E-state index >= 15 is 0 Å². The highest BCUT2D eigenvalue weighted by molar-refractivity contribution is 4.72. The van der Waals surface area contributed by atoms with Crippen molar-refractivity contribution in [1.82, 2.24) is 0 Å². The fraction of sp³-hybridized carbons (Fsp3) is 0.929. The molecule has 0 spiro atoms. The molecule has 0 fully saturated rings. The molecule has 0 aromatic rings. The van der Waals surface area contributed by atoms with E-state index in [9.17, 15) is 0 Å². The molecule has 0 aliphatic rings. The third-order valence-electron chi connectivity index (χ3n) is 3.00. The molecule has 0 aliphatic carbocycles. The molecule has 0 aromatic heterocycles. The van der Waals surface area contributed by atoms with Gasteiger partial charge in [-0.05, 0) is 6.42 Å². The molecule has 1 radical (unpaired) electrons. The van der Waals surface area contributed by atoms with Crippen LogP contribution in [-0.4, -0.2) is 16.8 Å². The van der Waals surface area contributed by atoms with Crippen LogP contribution in [0, 0.1) is 6.10 Å². The van der Waals surface area contributed by atoms with Crippen molar-refractivity contribution in [1.29, 1.82) is 0 Å². The lowest BCUT2D eigenvalue weighted by atomic mass is 10.0. The molecule has 0 aromatic carbocycles. The van der Waals surface area contributed by atoms with Gasteiger partial charge in [0, 0.05) is 0 Å². The maximum absolute atomic E-state index is 9.05. The molecular formula is C14H29O2. The minimum absolute atomic E-state index is 0.169. The zero-order valence-corrected chi connectivity index (χ0v) is 10.9. The first-order valence-corrected chi connectivity index (χ1v) is 6.95. The van der Waals surface area contributed by atoms with Crippen molar-refractivity contribution in [3.63, 3.8) is 0 Å². The van der Waals surface area contributed by atoms with E-state index in [-0.39, 0.29) is 12.7 Å². The van der Waals surface area contributed by atoms with Crippen LogP contribution < -0.4 is 0 Å². The molecule has 0 heterocycles. The maximum Gasteiger partial charge on any atom is 0.118 e. The SMILES string of the molecule is CCCCCCCCCCCC[C](O)CO. The molecule has 2 N–H and O–H groups in total. The summed E-state index contributed by atoms with van der Waals surface area (Å²) < 4.78 is 0. The van der Waals surface area contributed by atoms with Crippen molar-refractivity contribution in [3.05, 3.63) is 6.10 Å². The predicted molar refractivity (Wildman–Crippen MR) is 68.7 cm³/mol. The van der Waals surface area contributed by atoms with Crippen LogP contribution in [0.3, 0.4) is 0 Å². The lowest BCUT2D eigenvalue weighted by Gasteiger charge is -2.05. The molecule has 0 bridgehead atoms. The van der Waals surface area contributed by atoms with E-state index in [1.807, 2.05) is 0 Å². The monoisotopic (exact) mass is 229 g/mol. The van der Waals surface area contributed by atoms with Crippen LogP contribution in [0.1, 0.15) is 77.6 Å². The number of aliphatic hydroxyl groups excluding tert-OH is 2. The van der Waals surface area contributed by atoms with E-state index in [1.165, 1.54) is 57.8 Å². The van der Waals surface area contributed by atoms with Gasteiger partial charge in [-0.2, -0.15) is 0 Å². The fourth-order valence-corrected chi connectivity index (χ4v) is 1.90. The summed E-state index contributed by atoms with van der Waals surface area (Å²) in [5.74, 6) is 0. The number of unbranched alkanes of at least 4 members (excludes halogenated alkanes) is 9. The Morgan fingerprint density at radius 3 is 1.62 bits per heavy atom. The summed E-state index contributed by atoms with van der Waals surface area (Å²) in [6.45, 7) is 2.08. The molecule has 2 heteroatoms. The molecule has 0 amide bonds. The Hall–Kier alpha value is -0.0800. The summed E-state index contributed by atoms with van der Waals surface area (Å²) in [5.41, 5.74) is 0. The van der Waals surface area contributed by atoms with Crippen LogP contribution in [0.5, 0.6) is 0 Å². The van der Waals surface area contributed by atoms with E-state index < -0.39 is 0 Å². The smallest absolute Gasteiger partial charge is 0.118 e. The Balaban J connectivity index is 2.93. The largest absolute Gasteiger partial charge is 0.393 e. The molecule has 97 valence electrons. The van der Waals surface area contributed by atoms with E-state index in [1.54, 1.807) is 0 Å². The first-order chi connectivity index (χ1) is 7.81. The molecule has 0 atom stereocenters. The quantitative estimate of drug-likeness (QED) is 0.492. The second-order valence-electron chi connectivity index (χ2n) is 4.66. The van der Waals surface area contributed by atoms with Gasteiger partial charge in [-0.3, -0.25) is 0 Å². The number of hydrogen-bond acceptors (Lipinski definition) is 2. The summed E-state index contributed by atoms with van der Waals surface area (Å²) >= 11 is 0. The van der Waals surface area contributed by atoms with Gasteiger partial charge in [-0.15, -0.1) is 0 Å². The Bertz CT molecular complexity index is 126. The zero-order valence-electron chi connectivity index (χ0n) is 10.9. The van der Waals surface area contributed by atoms with Crippen molar-refractivity contribution in [2.75, 3.05) is 6.61 Å². The van der Waals surface area contributed by atoms with Crippen molar-refractivity contribution in [2.24, 2.45) is 0 Å². The third-order valence-corrected chi connectivity index (χ3v) is 3.00. The van der Waals surface area contributed by atoms with Gasteiger partial charge in [0.2, 0.25) is 0 Å². The molecule has 2 nitrogen and oxygen atoms in total. The normalized spacial score (nSPS) is 11.2. The fourth-order valence-electron chi connectivity index (χ4n) is 1.90. The number of hydrogen-bond donors (Lipinski definition) is 2. The van der Waals surface area contributed by atoms with Gasteiger partial charge in [0.1, 0.15) is 6.10 Å². The minimum atomic E-state index is -0.169. The Morgan fingerprint density at radius 1 is 0.750 bits per heavy atom. The molecule has 0 rings (SSSR count). The van der Waals surface area contributed by atoms with Gasteiger partial charge in [-0.1, -0.05) is 71.1 Å². The molecule has 0 aliphatic heterocycles. The average molecular weight is 229 g/mol. The molecule has 0 unspecified atom stereocenters. The summed E-state index contributed by atoms with van der Waals surface area (Å²) in [6.07, 6.45) is 13.9. The lowest BCUT2D eigenvalue weighted by Crippen LogP contribution is -2.00. The number of aliphatic hydroxyl groups is 2. The summed E-state index contributed by atoms with van der Waals surface area (Å²) in [6, 6.07) is 0. The summed E-state index contributed by atoms with van der Waals surface area (Å²) in [4.78, 5) is 0. The second kappa shape index (κ2) is 13.0. The molecular weight excluding hydrogens is 200 g/mol. The lowest BCUT2D eigenvalue weighted by molar-refractivity contribution is 0.175. The van der Waals surface area contributed by atoms with Gasteiger partial charge in [0.15, 0.2) is 0 Å². The Kier molecular flexibility index (Phi) is 12.9. The van der Waals surface area contributed by atoms with Crippen LogP contribution in [-0.2, 0) is 0 Å². The van der Waals surface area contributed by atoms with E-state index in [2.05, 4.69) is 6.92 Å². The standard InChI is InChI=1S/C14H29O2/c1-2-3-4-5-6-7-8-9-10-11-12-14(16)13-15/h15-16H,2-13H2,1H3. The van der Waals surface area contributed by atoms with Crippen LogP contribution in [0.2, 0.25) is 0 Å². The van der Waals surface area contributed by atoms with E-state index in [0.717, 1.165) is 6.42 Å². The van der Waals surface area contributed by atoms with Crippen molar-refractivity contribution in [2.45, 2.75) is 77.6 Å². The highest BCUT2D eigenvalue weighted by atomic mass is 16.3. The van der Waals surface area contributed by atoms with Gasteiger partial charge >= 0.3 is 0 Å². The maximum atomic E-state index is 9.05. The Labute approximate surface area is 101 Å². The number of rotatable bonds is 12. The zero-order chi connectivity index (χ0) is 12.1.